The van der Waals surface area contributed by atoms with Gasteiger partial charge < -0.3 is 9.88 Å². The summed E-state index contributed by atoms with van der Waals surface area (Å²) in [5, 5.41) is 12.3. The van der Waals surface area contributed by atoms with Crippen LogP contribution in [0.1, 0.15) is 27.3 Å². The zero-order valence-corrected chi connectivity index (χ0v) is 17.3. The SMILES string of the molecule is C=CCn1c(C)cc(C(=O)CSc2nnc(Nc3cccc(C)c3)s2)c1C. The fourth-order valence-electron chi connectivity index (χ4n) is 2.86. The molecule has 0 aliphatic carbocycles. The minimum Gasteiger partial charge on any atom is -0.345 e. The van der Waals surface area contributed by atoms with E-state index in [2.05, 4.69) is 32.7 Å². The predicted octanol–water partition coefficient (Wildman–Crippen LogP) is 5.17. The first-order valence-corrected chi connectivity index (χ1v) is 10.4. The summed E-state index contributed by atoms with van der Waals surface area (Å²) < 4.78 is 2.87. The molecule has 0 fully saturated rings. The standard InChI is InChI=1S/C20H22N4OS2/c1-5-9-24-14(3)11-17(15(24)4)18(25)12-26-20-23-22-19(27-20)21-16-8-6-7-13(2)10-16/h5-8,10-11H,1,9,12H2,2-4H3,(H,21,22). The van der Waals surface area contributed by atoms with Crippen LogP contribution in [0.4, 0.5) is 10.8 Å². The molecule has 0 aliphatic heterocycles. The van der Waals surface area contributed by atoms with E-state index in [-0.39, 0.29) is 5.78 Å². The van der Waals surface area contributed by atoms with Crippen LogP contribution in [0.3, 0.4) is 0 Å². The van der Waals surface area contributed by atoms with Gasteiger partial charge in [0.05, 0.1) is 5.75 Å². The van der Waals surface area contributed by atoms with E-state index in [1.54, 1.807) is 0 Å². The van der Waals surface area contributed by atoms with Crippen molar-refractivity contribution < 1.29 is 4.79 Å². The fraction of sp³-hybridized carbons (Fsp3) is 0.250. The highest BCUT2D eigenvalue weighted by Gasteiger charge is 2.16. The normalized spacial score (nSPS) is 10.8. The minimum atomic E-state index is 0.104. The third-order valence-electron chi connectivity index (χ3n) is 4.19. The summed E-state index contributed by atoms with van der Waals surface area (Å²) in [6.07, 6.45) is 1.84. The molecule has 2 heterocycles. The van der Waals surface area contributed by atoms with Gasteiger partial charge in [-0.05, 0) is 44.5 Å². The molecule has 0 atom stereocenters. The highest BCUT2D eigenvalue weighted by Crippen LogP contribution is 2.29. The molecule has 0 spiro atoms. The fourth-order valence-corrected chi connectivity index (χ4v) is 4.52. The summed E-state index contributed by atoms with van der Waals surface area (Å²) in [7, 11) is 0. The molecule has 3 aromatic rings. The molecule has 140 valence electrons. The lowest BCUT2D eigenvalue weighted by atomic mass is 10.2. The maximum Gasteiger partial charge on any atom is 0.210 e. The van der Waals surface area contributed by atoms with Crippen LogP contribution < -0.4 is 5.32 Å². The van der Waals surface area contributed by atoms with Crippen LogP contribution in [0.5, 0.6) is 0 Å². The largest absolute Gasteiger partial charge is 0.345 e. The Kier molecular flexibility index (Phi) is 6.13. The van der Waals surface area contributed by atoms with Gasteiger partial charge in [-0.15, -0.1) is 16.8 Å². The first kappa shape index (κ1) is 19.4. The molecule has 2 aromatic heterocycles. The molecule has 0 saturated heterocycles. The first-order chi connectivity index (χ1) is 13.0. The van der Waals surface area contributed by atoms with Gasteiger partial charge in [-0.25, -0.2) is 0 Å². The number of carbonyl (C=O) groups is 1. The maximum atomic E-state index is 12.6. The van der Waals surface area contributed by atoms with E-state index >= 15 is 0 Å². The number of nitrogens with zero attached hydrogens (tertiary/aromatic N) is 3. The van der Waals surface area contributed by atoms with Crippen molar-refractivity contribution >= 4 is 39.7 Å². The van der Waals surface area contributed by atoms with Crippen molar-refractivity contribution in [2.45, 2.75) is 31.7 Å². The number of anilines is 2. The van der Waals surface area contributed by atoms with Crippen LogP contribution in [0.25, 0.3) is 0 Å². The topological polar surface area (TPSA) is 59.8 Å². The molecular formula is C20H22N4OS2. The van der Waals surface area contributed by atoms with Crippen molar-refractivity contribution in [1.29, 1.82) is 0 Å². The van der Waals surface area contributed by atoms with E-state index in [0.717, 1.165) is 32.1 Å². The van der Waals surface area contributed by atoms with E-state index < -0.39 is 0 Å². The highest BCUT2D eigenvalue weighted by atomic mass is 32.2. The quantitative estimate of drug-likeness (QED) is 0.322. The summed E-state index contributed by atoms with van der Waals surface area (Å²) in [6.45, 7) is 10.5. The van der Waals surface area contributed by atoms with Gasteiger partial charge in [-0.3, -0.25) is 4.79 Å². The number of hydrogen-bond acceptors (Lipinski definition) is 6. The molecule has 1 N–H and O–H groups in total. The van der Waals surface area contributed by atoms with Crippen molar-refractivity contribution in [2.75, 3.05) is 11.1 Å². The second-order valence-corrected chi connectivity index (χ2v) is 8.46. The van der Waals surface area contributed by atoms with E-state index in [0.29, 0.717) is 12.3 Å². The molecule has 0 saturated carbocycles. The summed E-state index contributed by atoms with van der Waals surface area (Å²) in [6, 6.07) is 10.0. The number of rotatable bonds is 8. The van der Waals surface area contributed by atoms with Crippen LogP contribution in [-0.2, 0) is 6.54 Å². The molecule has 3 rings (SSSR count). The number of nitrogens with one attached hydrogen (secondary N) is 1. The molecule has 27 heavy (non-hydrogen) atoms. The maximum absolute atomic E-state index is 12.6. The highest BCUT2D eigenvalue weighted by molar-refractivity contribution is 8.01. The van der Waals surface area contributed by atoms with Gasteiger partial charge >= 0.3 is 0 Å². The summed E-state index contributed by atoms with van der Waals surface area (Å²) >= 11 is 2.87. The number of aromatic nitrogens is 3. The Bertz CT molecular complexity index is 974. The molecule has 1 aromatic carbocycles. The smallest absolute Gasteiger partial charge is 0.210 e. The van der Waals surface area contributed by atoms with Crippen molar-refractivity contribution in [2.24, 2.45) is 0 Å². The Balaban J connectivity index is 1.62. The number of Topliss-reactive ketones (excluding diaryl/α,β-unsaturated/α-hetero) is 1. The number of ketones is 1. The molecule has 0 aliphatic rings. The number of allylic oxidation sites excluding steroid dienone is 1. The molecule has 0 radical (unpaired) electrons. The molecule has 0 bridgehead atoms. The van der Waals surface area contributed by atoms with Crippen molar-refractivity contribution in [3.8, 4) is 0 Å². The number of hydrogen-bond donors (Lipinski definition) is 1. The van der Waals surface area contributed by atoms with Crippen molar-refractivity contribution in [1.82, 2.24) is 14.8 Å². The van der Waals surface area contributed by atoms with Crippen LogP contribution in [0.2, 0.25) is 0 Å². The number of aryl methyl sites for hydroxylation is 2. The lowest BCUT2D eigenvalue weighted by Gasteiger charge is -2.05. The molecule has 0 unspecified atom stereocenters. The summed E-state index contributed by atoms with van der Waals surface area (Å²) in [4.78, 5) is 12.6. The second kappa shape index (κ2) is 8.54. The van der Waals surface area contributed by atoms with Gasteiger partial charge in [0.1, 0.15) is 0 Å². The van der Waals surface area contributed by atoms with Crippen molar-refractivity contribution in [3.63, 3.8) is 0 Å². The average molecular weight is 399 g/mol. The summed E-state index contributed by atoms with van der Waals surface area (Å²) in [5.74, 6) is 0.448. The zero-order valence-electron chi connectivity index (χ0n) is 15.7. The first-order valence-electron chi connectivity index (χ1n) is 8.58. The Labute approximate surface area is 167 Å². The Morgan fingerprint density at radius 1 is 1.30 bits per heavy atom. The third-order valence-corrected chi connectivity index (χ3v) is 6.16. The van der Waals surface area contributed by atoms with E-state index in [9.17, 15) is 4.79 Å². The van der Waals surface area contributed by atoms with Gasteiger partial charge in [0.2, 0.25) is 5.13 Å². The molecule has 7 heteroatoms. The zero-order chi connectivity index (χ0) is 19.4. The monoisotopic (exact) mass is 398 g/mol. The number of carbonyl (C=O) groups excluding carboxylic acids is 1. The number of benzene rings is 1. The second-order valence-electron chi connectivity index (χ2n) is 6.26. The van der Waals surface area contributed by atoms with Gasteiger partial charge in [-0.2, -0.15) is 0 Å². The lowest BCUT2D eigenvalue weighted by molar-refractivity contribution is 0.102. The predicted molar refractivity (Wildman–Crippen MR) is 114 cm³/mol. The third kappa shape index (κ3) is 4.67. The summed E-state index contributed by atoms with van der Waals surface area (Å²) in [5.41, 5.74) is 4.98. The van der Waals surface area contributed by atoms with E-state index in [4.69, 9.17) is 0 Å². The van der Waals surface area contributed by atoms with Gasteiger partial charge in [0.15, 0.2) is 10.1 Å². The Morgan fingerprint density at radius 2 is 2.11 bits per heavy atom. The van der Waals surface area contributed by atoms with Crippen LogP contribution >= 0.6 is 23.1 Å². The Hall–Kier alpha value is -2.38. The number of thioether (sulfide) groups is 1. The van der Waals surface area contributed by atoms with Crippen LogP contribution in [0, 0.1) is 20.8 Å². The van der Waals surface area contributed by atoms with Crippen molar-refractivity contribution in [3.05, 3.63) is 65.5 Å². The molecule has 5 nitrogen and oxygen atoms in total. The minimum absolute atomic E-state index is 0.104. The van der Waals surface area contributed by atoms with Gasteiger partial charge in [-0.1, -0.05) is 41.3 Å². The van der Waals surface area contributed by atoms with Gasteiger partial charge in [0.25, 0.3) is 0 Å². The van der Waals surface area contributed by atoms with Crippen LogP contribution in [-0.4, -0.2) is 26.3 Å². The Morgan fingerprint density at radius 3 is 2.85 bits per heavy atom. The van der Waals surface area contributed by atoms with E-state index in [1.807, 2.05) is 51.1 Å². The van der Waals surface area contributed by atoms with Gasteiger partial charge in [0, 0.05) is 29.2 Å². The van der Waals surface area contributed by atoms with Crippen LogP contribution in [0.15, 0.2) is 47.3 Å². The molecular weight excluding hydrogens is 376 g/mol. The lowest BCUT2D eigenvalue weighted by Crippen LogP contribution is -2.06. The molecule has 0 amide bonds. The average Bonchev–Trinajstić information content (AvgIpc) is 3.19. The van der Waals surface area contributed by atoms with E-state index in [1.165, 1.54) is 28.7 Å².